The van der Waals surface area contributed by atoms with E-state index in [4.69, 9.17) is 0 Å². The summed E-state index contributed by atoms with van der Waals surface area (Å²) in [5.74, 6) is 1.09. The Bertz CT molecular complexity index is 482. The molecule has 0 unspecified atom stereocenters. The first-order chi connectivity index (χ1) is 6.45. The molecule has 0 radical (unpaired) electrons. The maximum atomic E-state index is 2.27. The fourth-order valence-corrected chi connectivity index (χ4v) is 2.45. The van der Waals surface area contributed by atoms with Crippen LogP contribution in [0.3, 0.4) is 0 Å². The number of thioether (sulfide) groups is 1. The number of rotatable bonds is 0. The van der Waals surface area contributed by atoms with Gasteiger partial charge in [-0.3, -0.25) is 0 Å². The van der Waals surface area contributed by atoms with Gasteiger partial charge in [-0.2, -0.15) is 0 Å². The molecule has 1 aromatic heterocycles. The van der Waals surface area contributed by atoms with Crippen LogP contribution in [0.4, 0.5) is 0 Å². The van der Waals surface area contributed by atoms with Crippen molar-refractivity contribution in [1.29, 1.82) is 0 Å². The van der Waals surface area contributed by atoms with E-state index in [1.54, 1.807) is 0 Å². The molecule has 1 aromatic carbocycles. The van der Waals surface area contributed by atoms with Crippen LogP contribution in [0.2, 0.25) is 0 Å². The first-order valence-corrected chi connectivity index (χ1v) is 5.37. The maximum Gasteiger partial charge on any atom is 0.0525 e. The van der Waals surface area contributed by atoms with Crippen molar-refractivity contribution in [2.75, 3.05) is 0 Å². The maximum absolute atomic E-state index is 2.27. The average Bonchev–Trinajstić information content (AvgIpc) is 2.56. The fourth-order valence-electron chi connectivity index (χ4n) is 1.76. The second-order valence-corrected chi connectivity index (χ2v) is 4.05. The van der Waals surface area contributed by atoms with Crippen molar-refractivity contribution >= 4 is 28.9 Å². The molecule has 3 rings (SSSR count). The summed E-state index contributed by atoms with van der Waals surface area (Å²) in [6.07, 6.45) is 2.14. The lowest BCUT2D eigenvalue weighted by atomic mass is 10.2. The van der Waals surface area contributed by atoms with E-state index in [2.05, 4.69) is 46.5 Å². The lowest BCUT2D eigenvalue weighted by Gasteiger charge is -2.08. The molecule has 2 heteroatoms. The Morgan fingerprint density at radius 1 is 1.23 bits per heavy atom. The van der Waals surface area contributed by atoms with E-state index in [1.807, 2.05) is 11.8 Å². The first kappa shape index (κ1) is 7.27. The van der Waals surface area contributed by atoms with Gasteiger partial charge in [0.1, 0.15) is 0 Å². The summed E-state index contributed by atoms with van der Waals surface area (Å²) in [4.78, 5) is 0. The van der Waals surface area contributed by atoms with Gasteiger partial charge >= 0.3 is 0 Å². The second-order valence-electron chi connectivity index (χ2n) is 3.16. The van der Waals surface area contributed by atoms with E-state index in [9.17, 15) is 0 Å². The smallest absolute Gasteiger partial charge is 0.0525 e. The summed E-state index contributed by atoms with van der Waals surface area (Å²) in [6.45, 7) is 0. The predicted octanol–water partition coefficient (Wildman–Crippen LogP) is 3.32. The van der Waals surface area contributed by atoms with Crippen LogP contribution >= 0.6 is 11.8 Å². The average molecular weight is 187 g/mol. The zero-order chi connectivity index (χ0) is 8.67. The normalized spacial score (nSPS) is 14.8. The molecular weight excluding hydrogens is 178 g/mol. The third-order valence-corrected chi connectivity index (χ3v) is 3.14. The van der Waals surface area contributed by atoms with Crippen molar-refractivity contribution in [1.82, 2.24) is 4.57 Å². The third kappa shape index (κ3) is 1.02. The van der Waals surface area contributed by atoms with Gasteiger partial charge in [0.25, 0.3) is 0 Å². The molecule has 1 aliphatic rings. The van der Waals surface area contributed by atoms with Crippen molar-refractivity contribution in [3.05, 3.63) is 41.4 Å². The highest BCUT2D eigenvalue weighted by atomic mass is 32.2. The molecule has 1 aliphatic heterocycles. The van der Waals surface area contributed by atoms with Gasteiger partial charge < -0.3 is 4.57 Å². The second kappa shape index (κ2) is 2.67. The first-order valence-electron chi connectivity index (χ1n) is 4.32. The number of aromatic nitrogens is 1. The lowest BCUT2D eigenvalue weighted by molar-refractivity contribution is 1.10. The minimum atomic E-state index is 1.09. The van der Waals surface area contributed by atoms with Crippen molar-refractivity contribution in [3.63, 3.8) is 0 Å². The monoisotopic (exact) mass is 187 g/mol. The predicted molar refractivity (Wildman–Crippen MR) is 58.6 cm³/mol. The Balaban J connectivity index is 2.42. The number of hydrogen-bond donors (Lipinski definition) is 0. The Labute approximate surface area is 81.1 Å². The molecule has 2 aromatic rings. The Hall–Kier alpha value is -1.15. The fraction of sp³-hybridized carbons (Fsp3) is 0.0909. The molecule has 64 valence electrons. The third-order valence-electron chi connectivity index (χ3n) is 2.37. The molecule has 0 N–H and O–H groups in total. The van der Waals surface area contributed by atoms with Gasteiger partial charge in [0, 0.05) is 23.0 Å². The quantitative estimate of drug-likeness (QED) is 0.612. The minimum absolute atomic E-state index is 1.09. The SMILES string of the molecule is C1=Cn2c(cc3ccccc32)CS1. The molecule has 0 amide bonds. The molecule has 0 spiro atoms. The van der Waals surface area contributed by atoms with Gasteiger partial charge in [0.15, 0.2) is 0 Å². The number of fused-ring (bicyclic) bond motifs is 3. The minimum Gasteiger partial charge on any atom is -0.319 e. The summed E-state index contributed by atoms with van der Waals surface area (Å²) in [6, 6.07) is 10.8. The Kier molecular flexibility index (Phi) is 1.49. The van der Waals surface area contributed by atoms with E-state index in [-0.39, 0.29) is 0 Å². The van der Waals surface area contributed by atoms with Crippen LogP contribution < -0.4 is 0 Å². The molecule has 0 aliphatic carbocycles. The molecule has 0 atom stereocenters. The topological polar surface area (TPSA) is 4.93 Å². The van der Waals surface area contributed by atoms with Crippen LogP contribution in [-0.4, -0.2) is 4.57 Å². The van der Waals surface area contributed by atoms with Crippen LogP contribution in [0.5, 0.6) is 0 Å². The van der Waals surface area contributed by atoms with Gasteiger partial charge in [0.05, 0.1) is 5.52 Å². The van der Waals surface area contributed by atoms with Crippen molar-refractivity contribution in [2.24, 2.45) is 0 Å². The van der Waals surface area contributed by atoms with E-state index in [0.29, 0.717) is 0 Å². The lowest BCUT2D eigenvalue weighted by Crippen LogP contribution is -1.95. The van der Waals surface area contributed by atoms with Crippen LogP contribution in [0.1, 0.15) is 5.69 Å². The van der Waals surface area contributed by atoms with Gasteiger partial charge in [0.2, 0.25) is 0 Å². The zero-order valence-electron chi connectivity index (χ0n) is 7.10. The molecule has 13 heavy (non-hydrogen) atoms. The van der Waals surface area contributed by atoms with Crippen LogP contribution in [0.25, 0.3) is 17.1 Å². The molecule has 0 bridgehead atoms. The molecule has 0 saturated carbocycles. The van der Waals surface area contributed by atoms with Gasteiger partial charge in [-0.25, -0.2) is 0 Å². The van der Waals surface area contributed by atoms with Crippen molar-refractivity contribution in [3.8, 4) is 0 Å². The van der Waals surface area contributed by atoms with E-state index in [1.165, 1.54) is 16.6 Å². The van der Waals surface area contributed by atoms with Crippen molar-refractivity contribution < 1.29 is 0 Å². The highest BCUT2D eigenvalue weighted by Crippen LogP contribution is 2.27. The van der Waals surface area contributed by atoms with Crippen LogP contribution in [0, 0.1) is 0 Å². The Morgan fingerprint density at radius 2 is 2.15 bits per heavy atom. The van der Waals surface area contributed by atoms with Crippen molar-refractivity contribution in [2.45, 2.75) is 5.75 Å². The standard InChI is InChI=1S/C11H9NS/c1-2-4-11-9(3-1)7-10-8-13-6-5-12(10)11/h1-7H,8H2. The summed E-state index contributed by atoms with van der Waals surface area (Å²) in [5, 5.41) is 3.49. The molecular formula is C11H9NS. The number of hydrogen-bond acceptors (Lipinski definition) is 1. The summed E-state index contributed by atoms with van der Waals surface area (Å²) in [7, 11) is 0. The molecule has 1 nitrogen and oxygen atoms in total. The molecule has 0 fully saturated rings. The highest BCUT2D eigenvalue weighted by molar-refractivity contribution is 8.01. The summed E-state index contributed by atoms with van der Waals surface area (Å²) < 4.78 is 2.27. The molecule has 2 heterocycles. The summed E-state index contributed by atoms with van der Waals surface area (Å²) >= 11 is 1.85. The van der Waals surface area contributed by atoms with Crippen LogP contribution in [0.15, 0.2) is 35.7 Å². The highest BCUT2D eigenvalue weighted by Gasteiger charge is 2.08. The van der Waals surface area contributed by atoms with Gasteiger partial charge in [-0.1, -0.05) is 18.2 Å². The van der Waals surface area contributed by atoms with Crippen LogP contribution in [-0.2, 0) is 5.75 Å². The largest absolute Gasteiger partial charge is 0.319 e. The number of nitrogens with zero attached hydrogens (tertiary/aromatic N) is 1. The van der Waals surface area contributed by atoms with Gasteiger partial charge in [-0.05, 0) is 17.5 Å². The number of benzene rings is 1. The number of para-hydroxylation sites is 1. The van der Waals surface area contributed by atoms with E-state index in [0.717, 1.165) is 5.75 Å². The van der Waals surface area contributed by atoms with E-state index < -0.39 is 0 Å². The summed E-state index contributed by atoms with van der Waals surface area (Å²) in [5.41, 5.74) is 2.71. The van der Waals surface area contributed by atoms with E-state index >= 15 is 0 Å². The Morgan fingerprint density at radius 3 is 3.15 bits per heavy atom. The molecule has 0 saturated heterocycles. The van der Waals surface area contributed by atoms with Gasteiger partial charge in [-0.15, -0.1) is 11.8 Å². The zero-order valence-corrected chi connectivity index (χ0v) is 7.92.